The number of hydrogen-bond donors (Lipinski definition) is 9. The molecule has 0 bridgehead atoms. The number of carboxylic acids is 1. The van der Waals surface area contributed by atoms with Crippen molar-refractivity contribution in [3.63, 3.8) is 0 Å². The molecule has 0 unspecified atom stereocenters. The third kappa shape index (κ3) is 76.0. The van der Waals surface area contributed by atoms with Gasteiger partial charge in [0.25, 0.3) is 0 Å². The molecule has 38 heteroatoms. The number of aryl methyl sites for hydroxylation is 2. The van der Waals surface area contributed by atoms with Crippen molar-refractivity contribution in [1.29, 1.82) is 0 Å². The number of aliphatic hydroxyl groups is 5. The lowest BCUT2D eigenvalue weighted by molar-refractivity contribution is -0.155. The summed E-state index contributed by atoms with van der Waals surface area (Å²) in [6.07, 6.45) is 26.8. The maximum absolute atomic E-state index is 13.9. The van der Waals surface area contributed by atoms with Crippen molar-refractivity contribution in [2.24, 2.45) is 22.5 Å². The Hall–Kier alpha value is -4.29. The summed E-state index contributed by atoms with van der Waals surface area (Å²) < 4.78 is 53.2. The van der Waals surface area contributed by atoms with Crippen LogP contribution in [-0.4, -0.2) is 314 Å². The Balaban J connectivity index is 0.00000187. The summed E-state index contributed by atoms with van der Waals surface area (Å²) in [5.41, 5.74) is 14.5. The van der Waals surface area contributed by atoms with Crippen LogP contribution in [0.2, 0.25) is 0 Å². The average molecular weight is 2300 g/mol. The fourth-order valence-electron chi connectivity index (χ4n) is 14.3. The van der Waals surface area contributed by atoms with Crippen molar-refractivity contribution in [2.75, 3.05) is 186 Å². The second-order valence-corrected chi connectivity index (χ2v) is 43.4. The van der Waals surface area contributed by atoms with Crippen molar-refractivity contribution in [3.8, 4) is 20.9 Å². The average Bonchev–Trinajstić information content (AvgIpc) is 1.68. The molecule has 4 heterocycles. The number of aliphatic carboxylic acids is 1. The lowest BCUT2D eigenvalue weighted by Crippen LogP contribution is -2.54. The minimum atomic E-state index is -0.794. The second-order valence-electron chi connectivity index (χ2n) is 38.5. The van der Waals surface area contributed by atoms with E-state index in [1.54, 1.807) is 22.7 Å². The predicted octanol–water partition coefficient (Wildman–Crippen LogP) is 19.5. The number of halogens is 6. The van der Waals surface area contributed by atoms with E-state index in [9.17, 15) is 43.8 Å². The van der Waals surface area contributed by atoms with Gasteiger partial charge in [-0.1, -0.05) is 193 Å². The molecule has 0 aliphatic carbocycles. The van der Waals surface area contributed by atoms with Crippen LogP contribution in [-0.2, 0) is 94.0 Å². The Bertz CT molecular complexity index is 3800. The number of thiazole rings is 2. The molecule has 0 spiro atoms. The largest absolute Gasteiger partial charge is 0.481 e. The number of aromatic nitrogens is 2. The number of benzene rings is 2. The third-order valence-electron chi connectivity index (χ3n) is 22.5. The summed E-state index contributed by atoms with van der Waals surface area (Å²) in [4.78, 5) is 101. The topological polar surface area (TPSA) is 416 Å². The van der Waals surface area contributed by atoms with Gasteiger partial charge in [-0.05, 0) is 158 Å². The summed E-state index contributed by atoms with van der Waals surface area (Å²) in [6.45, 7) is 32.6. The van der Waals surface area contributed by atoms with Crippen molar-refractivity contribution < 1.29 is 112 Å². The first-order valence-corrected chi connectivity index (χ1v) is 58.3. The zero-order valence-electron chi connectivity index (χ0n) is 89.2. The minimum absolute atomic E-state index is 0.0278. The van der Waals surface area contributed by atoms with Crippen molar-refractivity contribution in [3.05, 3.63) is 82.1 Å². The summed E-state index contributed by atoms with van der Waals surface area (Å²) in [6, 6.07) is 13.7. The molecule has 0 radical (unpaired) electrons. The van der Waals surface area contributed by atoms with Crippen LogP contribution in [0.3, 0.4) is 0 Å². The molecule has 10 N–H and O–H groups in total. The Labute approximate surface area is 913 Å². The van der Waals surface area contributed by atoms with E-state index in [1.807, 2.05) is 136 Å². The van der Waals surface area contributed by atoms with Gasteiger partial charge in [0.05, 0.1) is 156 Å². The summed E-state index contributed by atoms with van der Waals surface area (Å²) in [5, 5.41) is 61.6. The number of aliphatic hydroxyl groups excluding tert-OH is 5. The van der Waals surface area contributed by atoms with Gasteiger partial charge < -0.3 is 104 Å². The van der Waals surface area contributed by atoms with E-state index in [4.69, 9.17) is 115 Å². The highest BCUT2D eigenvalue weighted by Crippen LogP contribution is 2.35. The Morgan fingerprint density at radius 2 is 0.724 bits per heavy atom. The molecule has 0 saturated carbocycles. The number of carbonyl (C=O) groups excluding carboxylic acids is 6. The Morgan fingerprint density at radius 3 is 1.03 bits per heavy atom. The number of esters is 1. The lowest BCUT2D eigenvalue weighted by atomic mass is 9.76. The quantitative estimate of drug-likeness (QED) is 0.0113. The first-order chi connectivity index (χ1) is 69.5. The molecule has 2 aliphatic heterocycles. The van der Waals surface area contributed by atoms with E-state index in [0.29, 0.717) is 125 Å². The minimum Gasteiger partial charge on any atom is -0.481 e. The first kappa shape index (κ1) is 141. The molecular weight excluding hydrogens is 2120 g/mol. The highest BCUT2D eigenvalue weighted by atomic mass is 79.9. The molecule has 2 fully saturated rings. The number of carbonyl (C=O) groups is 7. The van der Waals surface area contributed by atoms with E-state index in [-0.39, 0.29) is 99.6 Å². The van der Waals surface area contributed by atoms with Crippen LogP contribution >= 0.6 is 101 Å². The number of hydrogen-bond acceptors (Lipinski definition) is 27. The zero-order chi connectivity index (χ0) is 108. The summed E-state index contributed by atoms with van der Waals surface area (Å²) in [7, 11) is 0. The highest BCUT2D eigenvalue weighted by molar-refractivity contribution is 9.09. The summed E-state index contributed by atoms with van der Waals surface area (Å²) in [5.74, 6) is 0.554. The van der Waals surface area contributed by atoms with Crippen LogP contribution in [0.1, 0.15) is 284 Å². The van der Waals surface area contributed by atoms with E-state index < -0.39 is 53.1 Å². The van der Waals surface area contributed by atoms with Crippen LogP contribution in [0, 0.1) is 30.6 Å². The van der Waals surface area contributed by atoms with Gasteiger partial charge in [-0.15, -0.1) is 69.1 Å². The smallest absolute Gasteiger partial charge is 0.306 e. The molecule has 4 aromatic rings. The van der Waals surface area contributed by atoms with Crippen LogP contribution in [0.25, 0.3) is 20.9 Å². The summed E-state index contributed by atoms with van der Waals surface area (Å²) >= 11 is 32.2. The van der Waals surface area contributed by atoms with E-state index in [2.05, 4.69) is 57.2 Å². The number of nitrogens with two attached hydrogens (primary N) is 1. The monoisotopic (exact) mass is 2300 g/mol. The Morgan fingerprint density at radius 1 is 0.421 bits per heavy atom. The van der Waals surface area contributed by atoms with Crippen LogP contribution in [0.5, 0.6) is 0 Å². The standard InChI is InChI=1S/C39H60ClN3O7S.C22H30N4O3S.C16H31ClO5.C10H19BrO2.C10H21ClO3.C6H12BrCl.C4H10O3/c1-29-36(51-28-42-29)31-15-13-30(14-16-31)26-41-37(46)35-25-33(45)27-43(35)38(47)34(39(2,3)4)24-32(44)12-8-7-11-19-49-21-23-50-22-20-48-18-10-6-5-9-17-40;1-13-18(30-12-25-13)15-7-5-14(6-8-15)10-24-20(28)17-9-16(27)11-26(17)21(29)19(23)22(2,3)4;17-9-5-1-2-6-10-20-12-14-22-15-13-21-11-7-3-4-8-16(18)19;1-10(2,3)13-9(12)7-5-4-6-8-11;11-5-3-1-2-4-7-13-9-10-14-8-6-12;7-5-3-1-2-4-6-8;5-1-3-7-4-2-6/h13-16,28,33-35,45H,5-12,17-27H2,1-4H3,(H,41,46);5-8,12,16-17,19,27H,9-11,23H2,1-4H3,(H,24,28);1-15H2,(H,18,19);4-8H2,1-3H3;12H,1-10H2;1-6H2;5-6H,1-4H2/t33-,34-,35+;16-,17+,19-;;;;;/m11...../s1. The predicted molar refractivity (Wildman–Crippen MR) is 592 cm³/mol. The number of Topliss-reactive ketones (excluding diaryl/α,β-unsaturated/α-hetero) is 1. The van der Waals surface area contributed by atoms with Crippen molar-refractivity contribution in [2.45, 2.75) is 324 Å². The third-order valence-corrected chi connectivity index (χ3v) is 26.7. The fraction of sp³-hybridized carbons (Fsp3) is 0.766. The van der Waals surface area contributed by atoms with Crippen LogP contribution in [0.4, 0.5) is 0 Å². The molecule has 4 amide bonds. The van der Waals surface area contributed by atoms with Crippen LogP contribution < -0.4 is 16.4 Å². The number of β-amino-alcohol motifs (C(OH)–C–C–N with tert-alkyl or cyclic N) is 2. The fourth-order valence-corrected chi connectivity index (χ4v) is 17.4. The molecule has 2 aliphatic rings. The number of rotatable bonds is 73. The maximum atomic E-state index is 13.9. The molecule has 2 saturated heterocycles. The molecule has 145 heavy (non-hydrogen) atoms. The molecule has 6 rings (SSSR count). The van der Waals surface area contributed by atoms with Gasteiger partial charge in [-0.3, -0.25) is 33.6 Å². The number of nitrogens with one attached hydrogen (secondary N) is 2. The Kier molecular flexibility index (Phi) is 89.5. The normalized spacial score (nSPS) is 14.8. The van der Waals surface area contributed by atoms with Gasteiger partial charge in [0.2, 0.25) is 23.6 Å². The number of amides is 4. The molecule has 2 aromatic heterocycles. The number of nitrogens with zero attached hydrogens (tertiary/aromatic N) is 4. The molecular formula is C107H183Br2Cl4N7O23S2. The second kappa shape index (κ2) is 92.2. The van der Waals surface area contributed by atoms with Crippen LogP contribution in [0.15, 0.2) is 59.6 Å². The lowest BCUT2D eigenvalue weighted by Gasteiger charge is -2.34. The van der Waals surface area contributed by atoms with Gasteiger partial charge in [0.1, 0.15) is 23.5 Å². The number of ketones is 1. The van der Waals surface area contributed by atoms with Crippen molar-refractivity contribution in [1.82, 2.24) is 30.4 Å². The van der Waals surface area contributed by atoms with Crippen molar-refractivity contribution >= 4 is 142 Å². The van der Waals surface area contributed by atoms with E-state index in [1.165, 1.54) is 61.2 Å². The number of unbranched alkanes of at least 4 members (excludes halogenated alkanes) is 18. The maximum Gasteiger partial charge on any atom is 0.306 e. The number of alkyl halides is 6. The van der Waals surface area contributed by atoms with Gasteiger partial charge >= 0.3 is 11.9 Å². The molecule has 2 aromatic carbocycles. The van der Waals surface area contributed by atoms with Gasteiger partial charge in [0.15, 0.2) is 0 Å². The van der Waals surface area contributed by atoms with E-state index in [0.717, 1.165) is 207 Å². The van der Waals surface area contributed by atoms with Gasteiger partial charge in [-0.25, -0.2) is 9.97 Å². The zero-order valence-corrected chi connectivity index (χ0v) is 97.0. The number of ether oxygens (including phenoxy) is 10. The van der Waals surface area contributed by atoms with E-state index >= 15 is 0 Å². The molecule has 6 atom stereocenters. The number of carboxylic acid groups (broad SMARTS) is 1. The first-order valence-electron chi connectivity index (χ1n) is 52.2. The number of likely N-dealkylation sites (tertiary alicyclic amines) is 2. The molecule has 30 nitrogen and oxygen atoms in total. The SMILES string of the molecule is CC(C)(C)OC(=O)CCCCCBr.Cc1ncsc1-c1ccc(CNC(=O)[C@@H]2C[C@@H](O)CN2C(=O)[C@@H](CC(=O)CCCCCOCCOCCOCCCCCCCl)C(C)(C)C)cc1.Cc1ncsc1-c1ccc(CNC(=O)[C@@H]2C[C@@H](O)CN2C(=O)[C@@H](N)C(C)(C)C)cc1.ClCCCCCCBr.O=C(O)CCCCCOCCOCCOCCCCCCCl.OCCOCCO.OCCOCCOCCCCCCCl. The van der Waals surface area contributed by atoms with Gasteiger partial charge in [0, 0.05) is 138 Å². The molecule has 838 valence electrons. The highest BCUT2D eigenvalue weighted by Gasteiger charge is 2.45. The van der Waals surface area contributed by atoms with Gasteiger partial charge in [-0.2, -0.15) is 0 Å².